The first kappa shape index (κ1) is 14.6. The fourth-order valence-electron chi connectivity index (χ4n) is 2.27. The van der Waals surface area contributed by atoms with Gasteiger partial charge in [0.15, 0.2) is 0 Å². The molecular formula is C18H16N2OS. The highest BCUT2D eigenvalue weighted by molar-refractivity contribution is 8.02. The van der Waals surface area contributed by atoms with E-state index in [1.54, 1.807) is 11.8 Å². The summed E-state index contributed by atoms with van der Waals surface area (Å²) in [7, 11) is 0. The van der Waals surface area contributed by atoms with Gasteiger partial charge in [-0.2, -0.15) is 0 Å². The maximum Gasteiger partial charge on any atom is 0.274 e. The second-order valence-corrected chi connectivity index (χ2v) is 5.93. The van der Waals surface area contributed by atoms with Crippen molar-refractivity contribution in [1.82, 2.24) is 0 Å². The number of amides is 1. The third-order valence-corrected chi connectivity index (χ3v) is 4.03. The summed E-state index contributed by atoms with van der Waals surface area (Å²) in [5.41, 5.74) is 3.99. The number of nitrogens with zero attached hydrogens (tertiary/aromatic N) is 1. The molecule has 0 aromatic heterocycles. The number of fused-ring (bicyclic) bond motifs is 1. The fourth-order valence-corrected chi connectivity index (χ4v) is 2.76. The molecule has 1 aliphatic heterocycles. The summed E-state index contributed by atoms with van der Waals surface area (Å²) in [6.07, 6.45) is 0. The zero-order valence-corrected chi connectivity index (χ0v) is 13.1. The number of carbonyl (C=O) groups is 1. The summed E-state index contributed by atoms with van der Waals surface area (Å²) in [4.78, 5) is 17.0. The Bertz CT molecular complexity index is 751. The number of rotatable bonds is 3. The summed E-state index contributed by atoms with van der Waals surface area (Å²) in [6.45, 7) is 2.05. The second kappa shape index (κ2) is 6.62. The van der Waals surface area contributed by atoms with Gasteiger partial charge in [0.1, 0.15) is 5.70 Å². The van der Waals surface area contributed by atoms with Crippen LogP contribution in [0.5, 0.6) is 0 Å². The topological polar surface area (TPSA) is 41.5 Å². The van der Waals surface area contributed by atoms with Crippen LogP contribution >= 0.6 is 11.8 Å². The minimum Gasteiger partial charge on any atom is -0.320 e. The van der Waals surface area contributed by atoms with Crippen LogP contribution in [-0.2, 0) is 4.79 Å². The van der Waals surface area contributed by atoms with Gasteiger partial charge in [0, 0.05) is 16.5 Å². The maximum atomic E-state index is 12.4. The van der Waals surface area contributed by atoms with E-state index in [0.29, 0.717) is 5.70 Å². The molecule has 110 valence electrons. The summed E-state index contributed by atoms with van der Waals surface area (Å²) < 4.78 is 0. The summed E-state index contributed by atoms with van der Waals surface area (Å²) in [6, 6.07) is 17.7. The monoisotopic (exact) mass is 308 g/mol. The highest BCUT2D eigenvalue weighted by atomic mass is 32.2. The zero-order valence-electron chi connectivity index (χ0n) is 12.2. The van der Waals surface area contributed by atoms with Gasteiger partial charge in [-0.3, -0.25) is 4.79 Å². The van der Waals surface area contributed by atoms with Crippen LogP contribution in [0, 0.1) is 0 Å². The molecule has 1 aliphatic rings. The molecule has 3 nitrogen and oxygen atoms in total. The standard InChI is InChI=1S/C18H16N2OS/c1-2-22-12-16-18(21)20-15-11-7-6-10-14(15)17(19-16)13-8-4-3-5-9-13/h3-12H,2H2,1H3,(H,20,21)/b16-12+. The highest BCUT2D eigenvalue weighted by Gasteiger charge is 2.20. The number of aliphatic imine (C=N–C) groups is 1. The summed E-state index contributed by atoms with van der Waals surface area (Å²) >= 11 is 1.57. The van der Waals surface area contributed by atoms with E-state index in [9.17, 15) is 4.79 Å². The second-order valence-electron chi connectivity index (χ2n) is 4.78. The molecule has 2 aromatic rings. The number of thioether (sulfide) groups is 1. The number of anilines is 1. The van der Waals surface area contributed by atoms with Gasteiger partial charge in [0.2, 0.25) is 0 Å². The van der Waals surface area contributed by atoms with Crippen molar-refractivity contribution in [3.63, 3.8) is 0 Å². The Kier molecular flexibility index (Phi) is 4.39. The van der Waals surface area contributed by atoms with E-state index >= 15 is 0 Å². The number of carbonyl (C=O) groups excluding carboxylic acids is 1. The molecule has 1 amide bonds. The van der Waals surface area contributed by atoms with Crippen molar-refractivity contribution in [2.45, 2.75) is 6.92 Å². The number of hydrogen-bond donors (Lipinski definition) is 1. The van der Waals surface area contributed by atoms with E-state index in [0.717, 1.165) is 28.3 Å². The molecule has 1 heterocycles. The van der Waals surface area contributed by atoms with Crippen molar-refractivity contribution in [2.24, 2.45) is 4.99 Å². The first-order valence-corrected chi connectivity index (χ1v) is 8.21. The average molecular weight is 308 g/mol. The Morgan fingerprint density at radius 2 is 1.82 bits per heavy atom. The number of nitrogens with one attached hydrogen (secondary N) is 1. The van der Waals surface area contributed by atoms with E-state index in [-0.39, 0.29) is 5.91 Å². The largest absolute Gasteiger partial charge is 0.320 e. The number of para-hydroxylation sites is 1. The summed E-state index contributed by atoms with van der Waals surface area (Å²) in [5.74, 6) is 0.735. The van der Waals surface area contributed by atoms with Gasteiger partial charge in [-0.05, 0) is 11.8 Å². The molecule has 0 fully saturated rings. The van der Waals surface area contributed by atoms with E-state index in [4.69, 9.17) is 0 Å². The lowest BCUT2D eigenvalue weighted by atomic mass is 10.0. The molecule has 0 unspecified atom stereocenters. The van der Waals surface area contributed by atoms with Gasteiger partial charge in [-0.15, -0.1) is 11.8 Å². The molecule has 3 rings (SSSR count). The highest BCUT2D eigenvalue weighted by Crippen LogP contribution is 2.25. The fraction of sp³-hybridized carbons (Fsp3) is 0.111. The minimum atomic E-state index is -0.167. The lowest BCUT2D eigenvalue weighted by molar-refractivity contribution is -0.112. The van der Waals surface area contributed by atoms with E-state index in [2.05, 4.69) is 10.3 Å². The van der Waals surface area contributed by atoms with Crippen molar-refractivity contribution < 1.29 is 4.79 Å². The van der Waals surface area contributed by atoms with Crippen molar-refractivity contribution in [2.75, 3.05) is 11.1 Å². The Labute approximate surface area is 134 Å². The van der Waals surface area contributed by atoms with E-state index in [1.807, 2.05) is 66.9 Å². The molecule has 2 aromatic carbocycles. The van der Waals surface area contributed by atoms with Crippen molar-refractivity contribution in [3.8, 4) is 0 Å². The predicted molar refractivity (Wildman–Crippen MR) is 93.4 cm³/mol. The number of benzene rings is 2. The third kappa shape index (κ3) is 2.97. The average Bonchev–Trinajstić information content (AvgIpc) is 2.70. The molecule has 0 atom stereocenters. The first-order valence-electron chi connectivity index (χ1n) is 7.16. The van der Waals surface area contributed by atoms with Crippen LogP contribution < -0.4 is 5.32 Å². The number of hydrogen-bond acceptors (Lipinski definition) is 3. The van der Waals surface area contributed by atoms with E-state index < -0.39 is 0 Å². The molecule has 0 radical (unpaired) electrons. The van der Waals surface area contributed by atoms with Gasteiger partial charge < -0.3 is 5.32 Å². The van der Waals surface area contributed by atoms with Crippen LogP contribution in [0.4, 0.5) is 5.69 Å². The molecule has 4 heteroatoms. The predicted octanol–water partition coefficient (Wildman–Crippen LogP) is 4.07. The van der Waals surface area contributed by atoms with E-state index in [1.165, 1.54) is 0 Å². The summed E-state index contributed by atoms with van der Waals surface area (Å²) in [5, 5.41) is 4.77. The molecule has 0 saturated carbocycles. The lowest BCUT2D eigenvalue weighted by Crippen LogP contribution is -2.12. The van der Waals surface area contributed by atoms with Crippen LogP contribution in [-0.4, -0.2) is 17.4 Å². The maximum absolute atomic E-state index is 12.4. The van der Waals surface area contributed by atoms with Crippen LogP contribution in [0.15, 0.2) is 70.7 Å². The Hall–Kier alpha value is -2.33. The van der Waals surface area contributed by atoms with Gasteiger partial charge in [0.05, 0.1) is 11.4 Å². The number of benzodiazepines with no additional fused rings is 1. The Balaban J connectivity index is 2.18. The van der Waals surface area contributed by atoms with Crippen molar-refractivity contribution in [1.29, 1.82) is 0 Å². The van der Waals surface area contributed by atoms with Crippen molar-refractivity contribution >= 4 is 29.1 Å². The normalized spacial score (nSPS) is 15.8. The molecule has 22 heavy (non-hydrogen) atoms. The van der Waals surface area contributed by atoms with Crippen LogP contribution in [0.1, 0.15) is 18.1 Å². The molecule has 1 N–H and O–H groups in total. The minimum absolute atomic E-state index is 0.167. The van der Waals surface area contributed by atoms with Gasteiger partial charge >= 0.3 is 0 Å². The molecule has 0 aliphatic carbocycles. The van der Waals surface area contributed by atoms with Crippen molar-refractivity contribution in [3.05, 3.63) is 76.8 Å². The first-order chi connectivity index (χ1) is 10.8. The zero-order chi connectivity index (χ0) is 15.4. The van der Waals surface area contributed by atoms with Crippen LogP contribution in [0.2, 0.25) is 0 Å². The molecule has 0 spiro atoms. The lowest BCUT2D eigenvalue weighted by Gasteiger charge is -2.08. The van der Waals surface area contributed by atoms with Gasteiger partial charge in [-0.1, -0.05) is 55.5 Å². The Morgan fingerprint density at radius 3 is 2.59 bits per heavy atom. The molecule has 0 bridgehead atoms. The van der Waals surface area contributed by atoms with Crippen LogP contribution in [0.3, 0.4) is 0 Å². The van der Waals surface area contributed by atoms with Gasteiger partial charge in [0.25, 0.3) is 5.91 Å². The molecule has 0 saturated heterocycles. The quantitative estimate of drug-likeness (QED) is 0.868. The molecular weight excluding hydrogens is 292 g/mol. The SMILES string of the molecule is CCS/C=C1/N=C(c2ccccc2)c2ccccc2NC1=O. The Morgan fingerprint density at radius 1 is 1.09 bits per heavy atom. The van der Waals surface area contributed by atoms with Crippen LogP contribution in [0.25, 0.3) is 0 Å². The third-order valence-electron chi connectivity index (χ3n) is 3.30. The smallest absolute Gasteiger partial charge is 0.274 e. The van der Waals surface area contributed by atoms with Gasteiger partial charge in [-0.25, -0.2) is 4.99 Å².